The summed E-state index contributed by atoms with van der Waals surface area (Å²) in [5.41, 5.74) is 0.270. The molecule has 5 nitrogen and oxygen atoms in total. The van der Waals surface area contributed by atoms with Crippen molar-refractivity contribution in [2.75, 3.05) is 25.0 Å². The fourth-order valence-electron chi connectivity index (χ4n) is 2.59. The zero-order valence-electron chi connectivity index (χ0n) is 12.1. The summed E-state index contributed by atoms with van der Waals surface area (Å²) in [5.74, 6) is -1.93. The highest BCUT2D eigenvalue weighted by atomic mass is 19.1. The van der Waals surface area contributed by atoms with Crippen LogP contribution < -0.4 is 10.6 Å². The van der Waals surface area contributed by atoms with Crippen LogP contribution in [0.25, 0.3) is 0 Å². The van der Waals surface area contributed by atoms with E-state index >= 15 is 0 Å². The first kappa shape index (κ1) is 15.4. The Morgan fingerprint density at radius 3 is 2.90 bits per heavy atom. The number of nitrogens with zero attached hydrogens (tertiary/aromatic N) is 1. The molecule has 114 valence electrons. The van der Waals surface area contributed by atoms with Gasteiger partial charge in [-0.05, 0) is 44.1 Å². The van der Waals surface area contributed by atoms with Crippen molar-refractivity contribution in [3.05, 3.63) is 30.1 Å². The summed E-state index contributed by atoms with van der Waals surface area (Å²) in [4.78, 5) is 25.8. The summed E-state index contributed by atoms with van der Waals surface area (Å²) in [6, 6.07) is 5.74. The number of halogens is 1. The summed E-state index contributed by atoms with van der Waals surface area (Å²) in [6.45, 7) is 4.52. The molecular weight excluding hydrogens is 273 g/mol. The number of carbonyl (C=O) groups excluding carboxylic acids is 2. The molecule has 0 aliphatic carbocycles. The molecule has 1 heterocycles. The third-order valence-electron chi connectivity index (χ3n) is 3.69. The molecule has 6 heteroatoms. The van der Waals surface area contributed by atoms with Gasteiger partial charge in [-0.25, -0.2) is 4.39 Å². The Bertz CT molecular complexity index is 521. The Hall–Kier alpha value is -1.95. The summed E-state index contributed by atoms with van der Waals surface area (Å²) < 4.78 is 13.0. The zero-order valence-corrected chi connectivity index (χ0v) is 12.1. The molecule has 0 spiro atoms. The lowest BCUT2D eigenvalue weighted by molar-refractivity contribution is -0.136. The normalized spacial score (nSPS) is 18.5. The van der Waals surface area contributed by atoms with Crippen molar-refractivity contribution < 1.29 is 14.0 Å². The quantitative estimate of drug-likeness (QED) is 0.824. The summed E-state index contributed by atoms with van der Waals surface area (Å²) in [5, 5.41) is 5.02. The minimum absolute atomic E-state index is 0.270. The topological polar surface area (TPSA) is 61.4 Å². The van der Waals surface area contributed by atoms with E-state index in [1.807, 2.05) is 0 Å². The summed E-state index contributed by atoms with van der Waals surface area (Å²) >= 11 is 0. The maximum Gasteiger partial charge on any atom is 0.313 e. The highest BCUT2D eigenvalue weighted by molar-refractivity contribution is 6.39. The predicted molar refractivity (Wildman–Crippen MR) is 78.3 cm³/mol. The number of benzene rings is 1. The average Bonchev–Trinajstić information content (AvgIpc) is 2.92. The van der Waals surface area contributed by atoms with Gasteiger partial charge < -0.3 is 10.6 Å². The van der Waals surface area contributed by atoms with E-state index in [2.05, 4.69) is 22.5 Å². The summed E-state index contributed by atoms with van der Waals surface area (Å²) in [6.07, 6.45) is 2.14. The van der Waals surface area contributed by atoms with E-state index in [4.69, 9.17) is 0 Å². The standard InChI is InChI=1S/C15H20FN3O2/c1-2-19-8-4-7-13(19)10-17-14(20)15(21)18-12-6-3-5-11(16)9-12/h3,5-6,9,13H,2,4,7-8,10H2,1H3,(H,17,20)(H,18,21)/t13-/m0/s1. The average molecular weight is 293 g/mol. The second kappa shape index (κ2) is 7.17. The van der Waals surface area contributed by atoms with Crippen LogP contribution in [0.5, 0.6) is 0 Å². The molecule has 0 aromatic heterocycles. The lowest BCUT2D eigenvalue weighted by atomic mass is 10.2. The number of likely N-dealkylation sites (N-methyl/N-ethyl adjacent to an activating group) is 1. The first-order chi connectivity index (χ1) is 10.1. The first-order valence-electron chi connectivity index (χ1n) is 7.19. The molecule has 1 fully saturated rings. The molecule has 0 bridgehead atoms. The van der Waals surface area contributed by atoms with Gasteiger partial charge in [0.15, 0.2) is 0 Å². The van der Waals surface area contributed by atoms with Crippen molar-refractivity contribution in [2.45, 2.75) is 25.8 Å². The number of rotatable bonds is 4. The fourth-order valence-corrected chi connectivity index (χ4v) is 2.59. The van der Waals surface area contributed by atoms with Crippen molar-refractivity contribution in [1.29, 1.82) is 0 Å². The van der Waals surface area contributed by atoms with Crippen LogP contribution in [0.1, 0.15) is 19.8 Å². The van der Waals surface area contributed by atoms with Crippen molar-refractivity contribution in [1.82, 2.24) is 10.2 Å². The van der Waals surface area contributed by atoms with Crippen LogP contribution in [-0.2, 0) is 9.59 Å². The largest absolute Gasteiger partial charge is 0.346 e. The van der Waals surface area contributed by atoms with Gasteiger partial charge in [-0.2, -0.15) is 0 Å². The van der Waals surface area contributed by atoms with Gasteiger partial charge in [-0.1, -0.05) is 13.0 Å². The molecule has 0 unspecified atom stereocenters. The number of carbonyl (C=O) groups is 2. The molecule has 0 saturated carbocycles. The van der Waals surface area contributed by atoms with Gasteiger partial charge in [-0.15, -0.1) is 0 Å². The van der Waals surface area contributed by atoms with E-state index in [0.717, 1.165) is 25.9 Å². The molecule has 1 aromatic rings. The molecule has 1 aliphatic rings. The van der Waals surface area contributed by atoms with Gasteiger partial charge in [0.25, 0.3) is 0 Å². The van der Waals surface area contributed by atoms with Crippen LogP contribution >= 0.6 is 0 Å². The SMILES string of the molecule is CCN1CCC[C@H]1CNC(=O)C(=O)Nc1cccc(F)c1. The fraction of sp³-hybridized carbons (Fsp3) is 0.467. The van der Waals surface area contributed by atoms with Gasteiger partial charge in [0.2, 0.25) is 0 Å². The van der Waals surface area contributed by atoms with E-state index in [-0.39, 0.29) is 5.69 Å². The molecule has 1 aromatic carbocycles. The second-order valence-electron chi connectivity index (χ2n) is 5.10. The van der Waals surface area contributed by atoms with Gasteiger partial charge in [-0.3, -0.25) is 14.5 Å². The molecule has 1 aliphatic heterocycles. The first-order valence-corrected chi connectivity index (χ1v) is 7.19. The minimum atomic E-state index is -0.776. The highest BCUT2D eigenvalue weighted by Crippen LogP contribution is 2.15. The van der Waals surface area contributed by atoms with Crippen LogP contribution in [-0.4, -0.2) is 42.4 Å². The Labute approximate surface area is 123 Å². The molecule has 1 atom stereocenters. The lowest BCUT2D eigenvalue weighted by Crippen LogP contribution is -2.43. The van der Waals surface area contributed by atoms with Crippen LogP contribution in [0, 0.1) is 5.82 Å². The second-order valence-corrected chi connectivity index (χ2v) is 5.10. The van der Waals surface area contributed by atoms with Crippen LogP contribution in [0.2, 0.25) is 0 Å². The van der Waals surface area contributed by atoms with Crippen molar-refractivity contribution in [3.63, 3.8) is 0 Å². The maximum absolute atomic E-state index is 13.0. The Morgan fingerprint density at radius 2 is 2.19 bits per heavy atom. The van der Waals surface area contributed by atoms with Crippen LogP contribution in [0.15, 0.2) is 24.3 Å². The molecule has 2 N–H and O–H groups in total. The number of amides is 2. The van der Waals surface area contributed by atoms with E-state index in [9.17, 15) is 14.0 Å². The summed E-state index contributed by atoms with van der Waals surface area (Å²) in [7, 11) is 0. The smallest absolute Gasteiger partial charge is 0.313 e. The Kier molecular flexibility index (Phi) is 5.27. The molecular formula is C15H20FN3O2. The van der Waals surface area contributed by atoms with Gasteiger partial charge in [0.1, 0.15) is 5.82 Å². The van der Waals surface area contributed by atoms with Crippen LogP contribution in [0.4, 0.5) is 10.1 Å². The number of anilines is 1. The highest BCUT2D eigenvalue weighted by Gasteiger charge is 2.24. The monoisotopic (exact) mass is 293 g/mol. The number of hydrogen-bond acceptors (Lipinski definition) is 3. The molecule has 0 radical (unpaired) electrons. The van der Waals surface area contributed by atoms with Gasteiger partial charge in [0.05, 0.1) is 0 Å². The third kappa shape index (κ3) is 4.26. The van der Waals surface area contributed by atoms with E-state index in [1.165, 1.54) is 24.3 Å². The number of likely N-dealkylation sites (tertiary alicyclic amines) is 1. The van der Waals surface area contributed by atoms with Crippen molar-refractivity contribution >= 4 is 17.5 Å². The Balaban J connectivity index is 1.81. The Morgan fingerprint density at radius 1 is 1.38 bits per heavy atom. The van der Waals surface area contributed by atoms with Crippen molar-refractivity contribution in [2.24, 2.45) is 0 Å². The predicted octanol–water partition coefficient (Wildman–Crippen LogP) is 1.36. The van der Waals surface area contributed by atoms with Gasteiger partial charge in [0, 0.05) is 18.3 Å². The minimum Gasteiger partial charge on any atom is -0.346 e. The van der Waals surface area contributed by atoms with E-state index in [1.54, 1.807) is 0 Å². The molecule has 2 rings (SSSR count). The zero-order chi connectivity index (χ0) is 15.2. The third-order valence-corrected chi connectivity index (χ3v) is 3.69. The van der Waals surface area contributed by atoms with E-state index < -0.39 is 17.6 Å². The lowest BCUT2D eigenvalue weighted by Gasteiger charge is -2.22. The van der Waals surface area contributed by atoms with Gasteiger partial charge >= 0.3 is 11.8 Å². The molecule has 2 amide bonds. The molecule has 1 saturated heterocycles. The number of nitrogens with one attached hydrogen (secondary N) is 2. The van der Waals surface area contributed by atoms with Crippen LogP contribution in [0.3, 0.4) is 0 Å². The number of hydrogen-bond donors (Lipinski definition) is 2. The van der Waals surface area contributed by atoms with Crippen molar-refractivity contribution in [3.8, 4) is 0 Å². The van der Waals surface area contributed by atoms with E-state index in [0.29, 0.717) is 12.6 Å². The maximum atomic E-state index is 13.0. The molecule has 21 heavy (non-hydrogen) atoms.